The van der Waals surface area contributed by atoms with Gasteiger partial charge in [-0.15, -0.1) is 0 Å². The molecule has 0 spiro atoms. The van der Waals surface area contributed by atoms with E-state index >= 15 is 0 Å². The SMILES string of the molecule is CCN=C(CC)C(C)(O)[Si](C)(C)C. The Morgan fingerprint density at radius 3 is 2.00 bits per heavy atom. The molecule has 78 valence electrons. The standard InChI is InChI=1S/C10H23NOSi/c1-7-9(11-8-2)10(3,12)13(4,5)6/h12H,7-8H2,1-6H3. The molecule has 13 heavy (non-hydrogen) atoms. The number of nitrogens with zero attached hydrogens (tertiary/aromatic N) is 1. The first kappa shape index (κ1) is 12.8. The minimum atomic E-state index is -1.58. The van der Waals surface area contributed by atoms with Crippen LogP contribution in [0.1, 0.15) is 27.2 Å². The Balaban J connectivity index is 4.89. The van der Waals surface area contributed by atoms with E-state index in [0.29, 0.717) is 0 Å². The Morgan fingerprint density at radius 1 is 1.31 bits per heavy atom. The van der Waals surface area contributed by atoms with Crippen molar-refractivity contribution in [3.8, 4) is 0 Å². The van der Waals surface area contributed by atoms with E-state index in [9.17, 15) is 5.11 Å². The lowest BCUT2D eigenvalue weighted by Gasteiger charge is -2.36. The molecule has 0 bridgehead atoms. The Morgan fingerprint density at radius 2 is 1.77 bits per heavy atom. The van der Waals surface area contributed by atoms with E-state index in [1.165, 1.54) is 0 Å². The molecule has 0 saturated carbocycles. The maximum Gasteiger partial charge on any atom is 0.0890 e. The highest BCUT2D eigenvalue weighted by molar-refractivity contribution is 6.82. The van der Waals surface area contributed by atoms with Crippen molar-refractivity contribution >= 4 is 13.8 Å². The van der Waals surface area contributed by atoms with Crippen molar-refractivity contribution in [2.45, 2.75) is 52.1 Å². The molecule has 0 aromatic rings. The Hall–Kier alpha value is -0.153. The van der Waals surface area contributed by atoms with Gasteiger partial charge in [0, 0.05) is 12.3 Å². The minimum absolute atomic E-state index is 0.655. The fourth-order valence-corrected chi connectivity index (χ4v) is 2.36. The van der Waals surface area contributed by atoms with Gasteiger partial charge < -0.3 is 5.11 Å². The predicted molar refractivity (Wildman–Crippen MR) is 62.2 cm³/mol. The van der Waals surface area contributed by atoms with Crippen molar-refractivity contribution < 1.29 is 5.11 Å². The van der Waals surface area contributed by atoms with E-state index in [0.717, 1.165) is 18.7 Å². The third-order valence-corrected chi connectivity index (χ3v) is 5.92. The third kappa shape index (κ3) is 2.92. The lowest BCUT2D eigenvalue weighted by molar-refractivity contribution is 0.204. The topological polar surface area (TPSA) is 32.6 Å². The Kier molecular flexibility index (Phi) is 4.32. The molecule has 0 heterocycles. The van der Waals surface area contributed by atoms with E-state index < -0.39 is 13.3 Å². The van der Waals surface area contributed by atoms with Crippen molar-refractivity contribution in [1.82, 2.24) is 0 Å². The number of aliphatic imine (C=N–C) groups is 1. The summed E-state index contributed by atoms with van der Waals surface area (Å²) in [4.78, 5) is 4.38. The zero-order valence-corrected chi connectivity index (χ0v) is 10.8. The van der Waals surface area contributed by atoms with Gasteiger partial charge in [0.25, 0.3) is 0 Å². The van der Waals surface area contributed by atoms with Crippen LogP contribution in [-0.2, 0) is 0 Å². The van der Waals surface area contributed by atoms with Gasteiger partial charge in [-0.25, -0.2) is 0 Å². The zero-order valence-electron chi connectivity index (χ0n) is 9.81. The predicted octanol–water partition coefficient (Wildman–Crippen LogP) is 2.49. The van der Waals surface area contributed by atoms with E-state index in [2.05, 4.69) is 31.6 Å². The number of rotatable bonds is 4. The average molecular weight is 201 g/mol. The summed E-state index contributed by atoms with van der Waals surface area (Å²) in [5.74, 6) is 0. The van der Waals surface area contributed by atoms with Crippen molar-refractivity contribution in [2.75, 3.05) is 6.54 Å². The molecule has 0 aliphatic rings. The Bertz CT molecular complexity index is 192. The van der Waals surface area contributed by atoms with Gasteiger partial charge in [0.1, 0.15) is 0 Å². The van der Waals surface area contributed by atoms with Gasteiger partial charge in [-0.3, -0.25) is 4.99 Å². The van der Waals surface area contributed by atoms with Gasteiger partial charge in [-0.2, -0.15) is 0 Å². The van der Waals surface area contributed by atoms with Crippen molar-refractivity contribution in [3.63, 3.8) is 0 Å². The molecule has 0 aromatic carbocycles. The number of hydrogen-bond donors (Lipinski definition) is 1. The average Bonchev–Trinajstić information content (AvgIpc) is 1.97. The molecule has 0 aliphatic heterocycles. The lowest BCUT2D eigenvalue weighted by atomic mass is 10.2. The van der Waals surface area contributed by atoms with Crippen LogP contribution in [0.4, 0.5) is 0 Å². The quantitative estimate of drug-likeness (QED) is 0.550. The number of hydrogen-bond acceptors (Lipinski definition) is 2. The summed E-state index contributed by atoms with van der Waals surface area (Å²) >= 11 is 0. The summed E-state index contributed by atoms with van der Waals surface area (Å²) < 4.78 is 0. The van der Waals surface area contributed by atoms with Crippen LogP contribution < -0.4 is 0 Å². The smallest absolute Gasteiger partial charge is 0.0890 e. The fourth-order valence-electron chi connectivity index (χ4n) is 1.23. The highest BCUT2D eigenvalue weighted by atomic mass is 28.3. The largest absolute Gasteiger partial charge is 0.388 e. The molecule has 2 nitrogen and oxygen atoms in total. The minimum Gasteiger partial charge on any atom is -0.388 e. The molecule has 0 radical (unpaired) electrons. The molecule has 0 rings (SSSR count). The molecular weight excluding hydrogens is 178 g/mol. The van der Waals surface area contributed by atoms with Crippen LogP contribution in [-0.4, -0.2) is 30.7 Å². The van der Waals surface area contributed by atoms with E-state index in [1.807, 2.05) is 13.8 Å². The summed E-state index contributed by atoms with van der Waals surface area (Å²) in [6, 6.07) is 0. The van der Waals surface area contributed by atoms with Crippen molar-refractivity contribution in [3.05, 3.63) is 0 Å². The van der Waals surface area contributed by atoms with Crippen LogP contribution in [0, 0.1) is 0 Å². The first-order chi connectivity index (χ1) is 5.77. The van der Waals surface area contributed by atoms with Crippen LogP contribution in [0.15, 0.2) is 4.99 Å². The second-order valence-electron chi connectivity index (χ2n) is 4.60. The van der Waals surface area contributed by atoms with Gasteiger partial charge in [0.05, 0.1) is 13.3 Å². The maximum absolute atomic E-state index is 10.4. The summed E-state index contributed by atoms with van der Waals surface area (Å²) in [6.07, 6.45) is 0.852. The molecule has 0 fully saturated rings. The van der Waals surface area contributed by atoms with Crippen LogP contribution in [0.2, 0.25) is 19.6 Å². The third-order valence-electron chi connectivity index (χ3n) is 2.71. The normalized spacial score (nSPS) is 18.5. The molecule has 0 amide bonds. The number of aliphatic hydroxyl groups is 1. The first-order valence-electron chi connectivity index (χ1n) is 5.03. The van der Waals surface area contributed by atoms with Gasteiger partial charge in [-0.05, 0) is 20.3 Å². The first-order valence-corrected chi connectivity index (χ1v) is 8.53. The van der Waals surface area contributed by atoms with E-state index in [4.69, 9.17) is 0 Å². The fraction of sp³-hybridized carbons (Fsp3) is 0.900. The zero-order chi connectivity index (χ0) is 10.7. The van der Waals surface area contributed by atoms with Crippen LogP contribution in [0.25, 0.3) is 0 Å². The maximum atomic E-state index is 10.4. The molecule has 0 aliphatic carbocycles. The molecular formula is C10H23NOSi. The van der Waals surface area contributed by atoms with Gasteiger partial charge in [-0.1, -0.05) is 26.6 Å². The highest BCUT2D eigenvalue weighted by Crippen LogP contribution is 2.23. The summed E-state index contributed by atoms with van der Waals surface area (Å²) in [6.45, 7) is 13.3. The summed E-state index contributed by atoms with van der Waals surface area (Å²) in [5.41, 5.74) is 0.967. The van der Waals surface area contributed by atoms with Gasteiger partial charge in [0.2, 0.25) is 0 Å². The van der Waals surface area contributed by atoms with Gasteiger partial charge in [0.15, 0.2) is 0 Å². The molecule has 3 heteroatoms. The second kappa shape index (κ2) is 4.38. The molecule has 1 unspecified atom stereocenters. The van der Waals surface area contributed by atoms with Crippen LogP contribution >= 0.6 is 0 Å². The highest BCUT2D eigenvalue weighted by Gasteiger charge is 2.40. The summed E-state index contributed by atoms with van der Waals surface area (Å²) in [7, 11) is -1.58. The second-order valence-corrected chi connectivity index (χ2v) is 10.1. The van der Waals surface area contributed by atoms with Crippen LogP contribution in [0.5, 0.6) is 0 Å². The van der Waals surface area contributed by atoms with Crippen LogP contribution in [0.3, 0.4) is 0 Å². The van der Waals surface area contributed by atoms with E-state index in [-0.39, 0.29) is 0 Å². The molecule has 0 aromatic heterocycles. The molecule has 1 atom stereocenters. The van der Waals surface area contributed by atoms with E-state index in [1.54, 1.807) is 0 Å². The Labute approximate surface area is 83.1 Å². The van der Waals surface area contributed by atoms with Crippen molar-refractivity contribution in [1.29, 1.82) is 0 Å². The summed E-state index contributed by atoms with van der Waals surface area (Å²) in [5, 5.41) is 9.72. The van der Waals surface area contributed by atoms with Crippen molar-refractivity contribution in [2.24, 2.45) is 4.99 Å². The molecule has 0 saturated heterocycles. The molecule has 1 N–H and O–H groups in total. The lowest BCUT2D eigenvalue weighted by Crippen LogP contribution is -2.55. The monoisotopic (exact) mass is 201 g/mol. The van der Waals surface area contributed by atoms with Gasteiger partial charge >= 0.3 is 0 Å².